The second-order valence-corrected chi connectivity index (χ2v) is 4.56. The van der Waals surface area contributed by atoms with E-state index in [1.807, 2.05) is 49.4 Å². The predicted molar refractivity (Wildman–Crippen MR) is 75.6 cm³/mol. The van der Waals surface area contributed by atoms with Crippen LogP contribution in [0.1, 0.15) is 30.5 Å². The van der Waals surface area contributed by atoms with Crippen LogP contribution < -0.4 is 5.32 Å². The molecule has 98 valence electrons. The monoisotopic (exact) mass is 254 g/mol. The largest absolute Gasteiger partial charge is 0.350 e. The first-order chi connectivity index (χ1) is 9.25. The number of amides is 1. The fourth-order valence-electron chi connectivity index (χ4n) is 1.95. The molecule has 3 heteroatoms. The van der Waals surface area contributed by atoms with Crippen molar-refractivity contribution in [2.45, 2.75) is 25.8 Å². The van der Waals surface area contributed by atoms with Crippen LogP contribution in [0.2, 0.25) is 0 Å². The molecule has 0 fully saturated rings. The number of aryl methyl sites for hydroxylation is 1. The molecule has 19 heavy (non-hydrogen) atoms. The highest BCUT2D eigenvalue weighted by molar-refractivity contribution is 5.76. The Hall–Kier alpha value is -2.16. The van der Waals surface area contributed by atoms with Crippen LogP contribution in [0.3, 0.4) is 0 Å². The average Bonchev–Trinajstić information content (AvgIpc) is 2.47. The lowest BCUT2D eigenvalue weighted by atomic mass is 10.1. The van der Waals surface area contributed by atoms with Gasteiger partial charge in [-0.05, 0) is 36.6 Å². The van der Waals surface area contributed by atoms with Crippen molar-refractivity contribution < 1.29 is 4.79 Å². The lowest BCUT2D eigenvalue weighted by Crippen LogP contribution is -2.26. The number of carbonyl (C=O) groups excluding carboxylic acids is 1. The summed E-state index contributed by atoms with van der Waals surface area (Å²) >= 11 is 0. The quantitative estimate of drug-likeness (QED) is 0.891. The van der Waals surface area contributed by atoms with E-state index in [9.17, 15) is 4.79 Å². The van der Waals surface area contributed by atoms with E-state index in [0.29, 0.717) is 6.42 Å². The maximum atomic E-state index is 11.9. The number of hydrogen-bond acceptors (Lipinski definition) is 2. The third kappa shape index (κ3) is 4.21. The van der Waals surface area contributed by atoms with Crippen molar-refractivity contribution in [3.8, 4) is 0 Å². The van der Waals surface area contributed by atoms with Gasteiger partial charge in [-0.3, -0.25) is 9.78 Å². The van der Waals surface area contributed by atoms with E-state index < -0.39 is 0 Å². The van der Waals surface area contributed by atoms with Crippen LogP contribution in [-0.2, 0) is 11.2 Å². The van der Waals surface area contributed by atoms with Crippen molar-refractivity contribution in [2.24, 2.45) is 0 Å². The molecule has 0 saturated heterocycles. The zero-order chi connectivity index (χ0) is 13.5. The minimum absolute atomic E-state index is 0.0474. The van der Waals surface area contributed by atoms with E-state index in [2.05, 4.69) is 10.3 Å². The first kappa shape index (κ1) is 13.3. The summed E-state index contributed by atoms with van der Waals surface area (Å²) in [5.41, 5.74) is 2.26. The lowest BCUT2D eigenvalue weighted by Gasteiger charge is -2.14. The van der Waals surface area contributed by atoms with Gasteiger partial charge in [-0.2, -0.15) is 0 Å². The highest BCUT2D eigenvalue weighted by Gasteiger charge is 2.08. The Balaban J connectivity index is 1.82. The lowest BCUT2D eigenvalue weighted by molar-refractivity contribution is -0.121. The van der Waals surface area contributed by atoms with Crippen LogP contribution in [0.25, 0.3) is 0 Å². The summed E-state index contributed by atoms with van der Waals surface area (Å²) in [6, 6.07) is 13.9. The highest BCUT2D eigenvalue weighted by atomic mass is 16.1. The molecule has 1 unspecified atom stereocenters. The molecule has 1 amide bonds. The number of nitrogens with one attached hydrogen (secondary N) is 1. The van der Waals surface area contributed by atoms with Crippen molar-refractivity contribution in [1.29, 1.82) is 0 Å². The van der Waals surface area contributed by atoms with E-state index in [-0.39, 0.29) is 11.9 Å². The van der Waals surface area contributed by atoms with Crippen LogP contribution >= 0.6 is 0 Å². The van der Waals surface area contributed by atoms with Gasteiger partial charge in [0, 0.05) is 18.8 Å². The minimum Gasteiger partial charge on any atom is -0.350 e. The Kier molecular flexibility index (Phi) is 4.67. The van der Waals surface area contributed by atoms with Crippen LogP contribution in [0.15, 0.2) is 54.9 Å². The van der Waals surface area contributed by atoms with E-state index >= 15 is 0 Å². The van der Waals surface area contributed by atoms with E-state index in [0.717, 1.165) is 17.5 Å². The average molecular weight is 254 g/mol. The third-order valence-corrected chi connectivity index (χ3v) is 3.07. The van der Waals surface area contributed by atoms with Crippen molar-refractivity contribution in [3.63, 3.8) is 0 Å². The Labute approximate surface area is 113 Å². The summed E-state index contributed by atoms with van der Waals surface area (Å²) in [7, 11) is 0. The van der Waals surface area contributed by atoms with E-state index in [1.54, 1.807) is 12.4 Å². The molecule has 0 aliphatic carbocycles. The summed E-state index contributed by atoms with van der Waals surface area (Å²) in [5.74, 6) is 0.0770. The topological polar surface area (TPSA) is 42.0 Å². The van der Waals surface area contributed by atoms with Gasteiger partial charge >= 0.3 is 0 Å². The maximum absolute atomic E-state index is 11.9. The fourth-order valence-corrected chi connectivity index (χ4v) is 1.95. The van der Waals surface area contributed by atoms with Crippen LogP contribution in [0, 0.1) is 0 Å². The molecule has 1 aromatic heterocycles. The molecule has 0 bridgehead atoms. The van der Waals surface area contributed by atoms with Gasteiger partial charge in [0.25, 0.3) is 0 Å². The third-order valence-electron chi connectivity index (χ3n) is 3.07. The van der Waals surface area contributed by atoms with Gasteiger partial charge in [-0.15, -0.1) is 0 Å². The van der Waals surface area contributed by atoms with Crippen molar-refractivity contribution in [2.75, 3.05) is 0 Å². The second-order valence-electron chi connectivity index (χ2n) is 4.56. The number of rotatable bonds is 5. The molecule has 2 aromatic rings. The second kappa shape index (κ2) is 6.69. The van der Waals surface area contributed by atoms with Gasteiger partial charge in [0.1, 0.15) is 0 Å². The number of pyridine rings is 1. The molecular formula is C16H18N2O. The number of nitrogens with zero attached hydrogens (tertiary/aromatic N) is 1. The normalized spacial score (nSPS) is 11.8. The molecule has 0 spiro atoms. The van der Waals surface area contributed by atoms with Gasteiger partial charge in [0.15, 0.2) is 0 Å². The molecule has 3 nitrogen and oxygen atoms in total. The van der Waals surface area contributed by atoms with E-state index in [4.69, 9.17) is 0 Å². The first-order valence-electron chi connectivity index (χ1n) is 6.49. The molecule has 0 aliphatic rings. The molecule has 1 N–H and O–H groups in total. The Morgan fingerprint density at radius 1 is 1.16 bits per heavy atom. The Morgan fingerprint density at radius 2 is 1.84 bits per heavy atom. The molecule has 0 saturated carbocycles. The molecule has 2 rings (SSSR count). The SMILES string of the molecule is CC(NC(=O)CCc1ccncc1)c1ccccc1. The summed E-state index contributed by atoms with van der Waals surface area (Å²) in [6.07, 6.45) is 4.75. The van der Waals surface area contributed by atoms with Crippen LogP contribution in [0.4, 0.5) is 0 Å². The van der Waals surface area contributed by atoms with Crippen molar-refractivity contribution >= 4 is 5.91 Å². The van der Waals surface area contributed by atoms with Crippen molar-refractivity contribution in [1.82, 2.24) is 10.3 Å². The maximum Gasteiger partial charge on any atom is 0.220 e. The predicted octanol–water partition coefficient (Wildman–Crippen LogP) is 2.89. The first-order valence-corrected chi connectivity index (χ1v) is 6.49. The smallest absolute Gasteiger partial charge is 0.220 e. The van der Waals surface area contributed by atoms with Gasteiger partial charge in [0.2, 0.25) is 5.91 Å². The number of carbonyl (C=O) groups is 1. The zero-order valence-corrected chi connectivity index (χ0v) is 11.0. The molecule has 0 radical (unpaired) electrons. The molecular weight excluding hydrogens is 236 g/mol. The highest BCUT2D eigenvalue weighted by Crippen LogP contribution is 2.11. The summed E-state index contributed by atoms with van der Waals surface area (Å²) in [5, 5.41) is 3.01. The Morgan fingerprint density at radius 3 is 2.53 bits per heavy atom. The van der Waals surface area contributed by atoms with Crippen LogP contribution in [-0.4, -0.2) is 10.9 Å². The Bertz CT molecular complexity index is 511. The summed E-state index contributed by atoms with van der Waals surface area (Å²) < 4.78 is 0. The van der Waals surface area contributed by atoms with Crippen LogP contribution in [0.5, 0.6) is 0 Å². The van der Waals surface area contributed by atoms with Gasteiger partial charge < -0.3 is 5.32 Å². The standard InChI is InChI=1S/C16H18N2O/c1-13(15-5-3-2-4-6-15)18-16(19)8-7-14-9-11-17-12-10-14/h2-6,9-13H,7-8H2,1H3,(H,18,19). The molecule has 0 aliphatic heterocycles. The zero-order valence-electron chi connectivity index (χ0n) is 11.0. The van der Waals surface area contributed by atoms with E-state index in [1.165, 1.54) is 0 Å². The number of hydrogen-bond donors (Lipinski definition) is 1. The van der Waals surface area contributed by atoms with Crippen molar-refractivity contribution in [3.05, 3.63) is 66.0 Å². The molecule has 1 heterocycles. The molecule has 1 atom stereocenters. The number of benzene rings is 1. The summed E-state index contributed by atoms with van der Waals surface area (Å²) in [4.78, 5) is 15.8. The fraction of sp³-hybridized carbons (Fsp3) is 0.250. The van der Waals surface area contributed by atoms with Gasteiger partial charge in [0.05, 0.1) is 6.04 Å². The molecule has 1 aromatic carbocycles. The summed E-state index contributed by atoms with van der Waals surface area (Å²) in [6.45, 7) is 2.00. The number of aromatic nitrogens is 1. The minimum atomic E-state index is 0.0474. The van der Waals surface area contributed by atoms with Gasteiger partial charge in [-0.25, -0.2) is 0 Å². The van der Waals surface area contributed by atoms with Gasteiger partial charge in [-0.1, -0.05) is 30.3 Å².